The SMILES string of the molecule is CC(=O)c1cccc(NC(=O)N[C@@H]2CCCC[C@H]2N[C@@H]2CCC[C@@H](Cc3ccc(F)cc3)C2)c1. The van der Waals surface area contributed by atoms with Crippen LogP contribution in [0.4, 0.5) is 14.9 Å². The molecule has 2 aromatic rings. The van der Waals surface area contributed by atoms with Crippen LogP contribution in [0.3, 0.4) is 0 Å². The van der Waals surface area contributed by atoms with Crippen molar-refractivity contribution in [3.63, 3.8) is 0 Å². The summed E-state index contributed by atoms with van der Waals surface area (Å²) in [6.07, 6.45) is 9.98. The molecule has 0 heterocycles. The summed E-state index contributed by atoms with van der Waals surface area (Å²) in [5, 5.41) is 9.95. The number of Topliss-reactive ketones (excluding diaryl/α,β-unsaturated/α-hetero) is 1. The number of anilines is 1. The van der Waals surface area contributed by atoms with E-state index in [-0.39, 0.29) is 29.7 Å². The van der Waals surface area contributed by atoms with Crippen LogP contribution < -0.4 is 16.0 Å². The van der Waals surface area contributed by atoms with Crippen molar-refractivity contribution in [2.45, 2.75) is 82.8 Å². The minimum atomic E-state index is -0.225. The maximum atomic E-state index is 13.2. The van der Waals surface area contributed by atoms with Crippen molar-refractivity contribution in [1.29, 1.82) is 0 Å². The Morgan fingerprint density at radius 3 is 2.47 bits per heavy atom. The number of nitrogens with one attached hydrogen (secondary N) is 3. The van der Waals surface area contributed by atoms with Crippen molar-refractivity contribution in [3.8, 4) is 0 Å². The molecule has 2 fully saturated rings. The van der Waals surface area contributed by atoms with E-state index in [1.165, 1.54) is 31.7 Å². The van der Waals surface area contributed by atoms with Gasteiger partial charge in [0.05, 0.1) is 0 Å². The number of amides is 2. The van der Waals surface area contributed by atoms with Crippen LogP contribution in [0.1, 0.15) is 74.2 Å². The minimum Gasteiger partial charge on any atom is -0.334 e. The maximum absolute atomic E-state index is 13.2. The molecular weight excluding hydrogens is 429 g/mol. The minimum absolute atomic E-state index is 0.0224. The van der Waals surface area contributed by atoms with Crippen molar-refractivity contribution >= 4 is 17.5 Å². The molecule has 2 aliphatic carbocycles. The van der Waals surface area contributed by atoms with Crippen molar-refractivity contribution in [2.75, 3.05) is 5.32 Å². The zero-order valence-electron chi connectivity index (χ0n) is 20.0. The first-order valence-corrected chi connectivity index (χ1v) is 12.7. The van der Waals surface area contributed by atoms with E-state index >= 15 is 0 Å². The van der Waals surface area contributed by atoms with Gasteiger partial charge in [0.2, 0.25) is 0 Å². The van der Waals surface area contributed by atoms with Crippen molar-refractivity contribution in [1.82, 2.24) is 10.6 Å². The zero-order valence-corrected chi connectivity index (χ0v) is 20.0. The van der Waals surface area contributed by atoms with E-state index < -0.39 is 0 Å². The van der Waals surface area contributed by atoms with Gasteiger partial charge in [-0.3, -0.25) is 4.79 Å². The number of carbonyl (C=O) groups is 2. The molecule has 5 nitrogen and oxygen atoms in total. The normalized spacial score (nSPS) is 24.9. The van der Waals surface area contributed by atoms with Crippen LogP contribution in [0.2, 0.25) is 0 Å². The molecule has 4 atom stereocenters. The molecule has 4 rings (SSSR count). The first kappa shape index (κ1) is 24.4. The quantitative estimate of drug-likeness (QED) is 0.449. The Labute approximate surface area is 201 Å². The molecule has 2 aliphatic rings. The average molecular weight is 466 g/mol. The molecule has 0 aliphatic heterocycles. The lowest BCUT2D eigenvalue weighted by Crippen LogP contribution is -2.55. The van der Waals surface area contributed by atoms with Gasteiger partial charge in [0, 0.05) is 29.4 Å². The van der Waals surface area contributed by atoms with Crippen LogP contribution >= 0.6 is 0 Å². The van der Waals surface area contributed by atoms with E-state index in [2.05, 4.69) is 16.0 Å². The zero-order chi connectivity index (χ0) is 23.9. The van der Waals surface area contributed by atoms with Gasteiger partial charge >= 0.3 is 6.03 Å². The van der Waals surface area contributed by atoms with Crippen molar-refractivity contribution < 1.29 is 14.0 Å². The Bertz CT molecular complexity index is 978. The second-order valence-electron chi connectivity index (χ2n) is 9.96. The first-order chi connectivity index (χ1) is 16.5. The highest BCUT2D eigenvalue weighted by Gasteiger charge is 2.30. The highest BCUT2D eigenvalue weighted by molar-refractivity contribution is 5.96. The number of hydrogen-bond donors (Lipinski definition) is 3. The second-order valence-corrected chi connectivity index (χ2v) is 9.96. The Morgan fingerprint density at radius 1 is 0.941 bits per heavy atom. The molecular formula is C28H36FN3O2. The fraction of sp³-hybridized carbons (Fsp3) is 0.500. The largest absolute Gasteiger partial charge is 0.334 e. The van der Waals surface area contributed by atoms with Gasteiger partial charge in [0.1, 0.15) is 5.82 Å². The second kappa shape index (κ2) is 11.6. The lowest BCUT2D eigenvalue weighted by Gasteiger charge is -2.38. The van der Waals surface area contributed by atoms with Gasteiger partial charge in [-0.2, -0.15) is 0 Å². The summed E-state index contributed by atoms with van der Waals surface area (Å²) >= 11 is 0. The van der Waals surface area contributed by atoms with E-state index in [1.54, 1.807) is 36.4 Å². The van der Waals surface area contributed by atoms with Crippen LogP contribution in [0.15, 0.2) is 48.5 Å². The van der Waals surface area contributed by atoms with E-state index in [0.29, 0.717) is 23.2 Å². The lowest BCUT2D eigenvalue weighted by molar-refractivity contribution is 0.101. The number of halogens is 1. The van der Waals surface area contributed by atoms with Crippen molar-refractivity contribution in [3.05, 3.63) is 65.5 Å². The summed E-state index contributed by atoms with van der Waals surface area (Å²) in [7, 11) is 0. The summed E-state index contributed by atoms with van der Waals surface area (Å²) in [6.45, 7) is 1.52. The topological polar surface area (TPSA) is 70.2 Å². The van der Waals surface area contributed by atoms with Crippen molar-refractivity contribution in [2.24, 2.45) is 5.92 Å². The first-order valence-electron chi connectivity index (χ1n) is 12.7. The molecule has 0 saturated heterocycles. The number of carbonyl (C=O) groups excluding carboxylic acids is 2. The van der Waals surface area contributed by atoms with E-state index in [9.17, 15) is 14.0 Å². The standard InChI is InChI=1S/C28H36FN3O2/c1-19(33)22-7-5-9-25(18-22)31-28(34)32-27-11-3-2-10-26(27)30-24-8-4-6-21(17-24)16-20-12-14-23(29)15-13-20/h5,7,9,12-15,18,21,24,26-27,30H,2-4,6,8,10-11,16-17H2,1H3,(H2,31,32,34)/t21-,24+,26+,27+/m0/s1. The highest BCUT2D eigenvalue weighted by atomic mass is 19.1. The van der Waals surface area contributed by atoms with Crippen LogP contribution in [-0.4, -0.2) is 29.9 Å². The number of hydrogen-bond acceptors (Lipinski definition) is 3. The van der Waals surface area contributed by atoms with Crippen LogP contribution in [0.5, 0.6) is 0 Å². The fourth-order valence-corrected chi connectivity index (χ4v) is 5.54. The average Bonchev–Trinajstić information content (AvgIpc) is 2.82. The number of urea groups is 1. The van der Waals surface area contributed by atoms with Gasteiger partial charge in [-0.05, 0) is 74.8 Å². The molecule has 2 amide bonds. The molecule has 0 aromatic heterocycles. The monoisotopic (exact) mass is 465 g/mol. The van der Waals surface area contributed by atoms with E-state index in [4.69, 9.17) is 0 Å². The van der Waals surface area contributed by atoms with Gasteiger partial charge in [-0.1, -0.05) is 49.9 Å². The van der Waals surface area contributed by atoms with Gasteiger partial charge in [0.15, 0.2) is 5.78 Å². The maximum Gasteiger partial charge on any atom is 0.319 e. The smallest absolute Gasteiger partial charge is 0.319 e. The van der Waals surface area contributed by atoms with E-state index in [0.717, 1.165) is 38.5 Å². The summed E-state index contributed by atoms with van der Waals surface area (Å²) < 4.78 is 13.2. The van der Waals surface area contributed by atoms with Gasteiger partial charge < -0.3 is 16.0 Å². The molecule has 0 unspecified atom stereocenters. The molecule has 3 N–H and O–H groups in total. The van der Waals surface area contributed by atoms with Gasteiger partial charge in [-0.15, -0.1) is 0 Å². The number of rotatable bonds is 7. The Hall–Kier alpha value is -2.73. The number of benzene rings is 2. The predicted octanol–water partition coefficient (Wildman–Crippen LogP) is 5.85. The third-order valence-electron chi connectivity index (χ3n) is 7.28. The van der Waals surface area contributed by atoms with E-state index in [1.807, 2.05) is 12.1 Å². The Kier molecular flexibility index (Phi) is 8.33. The molecule has 0 bridgehead atoms. The summed E-state index contributed by atoms with van der Waals surface area (Å²) in [4.78, 5) is 24.3. The molecule has 6 heteroatoms. The summed E-state index contributed by atoms with van der Waals surface area (Å²) in [5.41, 5.74) is 2.42. The Morgan fingerprint density at radius 2 is 1.71 bits per heavy atom. The fourth-order valence-electron chi connectivity index (χ4n) is 5.54. The van der Waals surface area contributed by atoms with Crippen LogP contribution in [-0.2, 0) is 6.42 Å². The number of ketones is 1. The van der Waals surface area contributed by atoms with Crippen LogP contribution in [0.25, 0.3) is 0 Å². The molecule has 0 radical (unpaired) electrons. The molecule has 2 saturated carbocycles. The third-order valence-corrected chi connectivity index (χ3v) is 7.28. The van der Waals surface area contributed by atoms with Gasteiger partial charge in [0.25, 0.3) is 0 Å². The Balaban J connectivity index is 1.30. The lowest BCUT2D eigenvalue weighted by atomic mass is 9.81. The molecule has 0 spiro atoms. The molecule has 2 aromatic carbocycles. The highest BCUT2D eigenvalue weighted by Crippen LogP contribution is 2.29. The third kappa shape index (κ3) is 6.89. The summed E-state index contributed by atoms with van der Waals surface area (Å²) in [6, 6.07) is 14.5. The van der Waals surface area contributed by atoms with Gasteiger partial charge in [-0.25, -0.2) is 9.18 Å². The molecule has 182 valence electrons. The predicted molar refractivity (Wildman–Crippen MR) is 134 cm³/mol. The van der Waals surface area contributed by atoms with Crippen LogP contribution in [0, 0.1) is 11.7 Å². The molecule has 34 heavy (non-hydrogen) atoms. The summed E-state index contributed by atoms with van der Waals surface area (Å²) in [5.74, 6) is 0.396.